The van der Waals surface area contributed by atoms with Crippen molar-refractivity contribution < 1.29 is 23.8 Å². The molecule has 0 aliphatic heterocycles. The molecule has 138 valence electrons. The number of hydrogen-bond acceptors (Lipinski definition) is 5. The molecule has 2 rings (SSSR count). The quantitative estimate of drug-likeness (QED) is 0.397. The average molecular weight is 377 g/mol. The molecule has 2 aromatic rings. The van der Waals surface area contributed by atoms with E-state index in [1.807, 2.05) is 38.1 Å². The van der Waals surface area contributed by atoms with Gasteiger partial charge in [-0.25, -0.2) is 0 Å². The molecule has 0 aliphatic carbocycles. The Morgan fingerprint density at radius 1 is 0.962 bits per heavy atom. The zero-order valence-electron chi connectivity index (χ0n) is 14.7. The monoisotopic (exact) mass is 376 g/mol. The van der Waals surface area contributed by atoms with Crippen molar-refractivity contribution in [2.24, 2.45) is 0 Å². The van der Waals surface area contributed by atoms with Crippen molar-refractivity contribution >= 4 is 23.5 Å². The fourth-order valence-electron chi connectivity index (χ4n) is 2.20. The van der Waals surface area contributed by atoms with Crippen LogP contribution >= 0.6 is 11.6 Å². The van der Waals surface area contributed by atoms with Crippen molar-refractivity contribution in [2.45, 2.75) is 33.0 Å². The van der Waals surface area contributed by atoms with Crippen molar-refractivity contribution in [3.63, 3.8) is 0 Å². The zero-order valence-corrected chi connectivity index (χ0v) is 15.5. The molecule has 0 atom stereocenters. The van der Waals surface area contributed by atoms with E-state index in [4.69, 9.17) is 25.8 Å². The summed E-state index contributed by atoms with van der Waals surface area (Å²) in [6, 6.07) is 14.1. The SMILES string of the molecule is CC(C)Oc1ccc(COC(=O)Cc2cccc(OC(=O)CCl)c2)cc1. The van der Waals surface area contributed by atoms with Crippen LogP contribution in [0.1, 0.15) is 25.0 Å². The molecule has 0 N–H and O–H groups in total. The van der Waals surface area contributed by atoms with Gasteiger partial charge in [-0.2, -0.15) is 0 Å². The van der Waals surface area contributed by atoms with E-state index >= 15 is 0 Å². The van der Waals surface area contributed by atoms with Gasteiger partial charge in [0.05, 0.1) is 12.5 Å². The van der Waals surface area contributed by atoms with Crippen LogP contribution in [0.25, 0.3) is 0 Å². The lowest BCUT2D eigenvalue weighted by molar-refractivity contribution is -0.144. The van der Waals surface area contributed by atoms with Crippen LogP contribution in [-0.2, 0) is 27.4 Å². The van der Waals surface area contributed by atoms with Gasteiger partial charge < -0.3 is 14.2 Å². The van der Waals surface area contributed by atoms with Crippen molar-refractivity contribution in [3.05, 3.63) is 59.7 Å². The number of carbonyl (C=O) groups is 2. The van der Waals surface area contributed by atoms with E-state index in [1.54, 1.807) is 24.3 Å². The third-order valence-corrected chi connectivity index (χ3v) is 3.50. The van der Waals surface area contributed by atoms with E-state index in [0.717, 1.165) is 11.3 Å². The molecule has 5 nitrogen and oxygen atoms in total. The van der Waals surface area contributed by atoms with Crippen LogP contribution in [0.2, 0.25) is 0 Å². The van der Waals surface area contributed by atoms with E-state index in [9.17, 15) is 9.59 Å². The lowest BCUT2D eigenvalue weighted by Crippen LogP contribution is -2.10. The molecular formula is C20H21ClO5. The molecule has 0 aromatic heterocycles. The summed E-state index contributed by atoms with van der Waals surface area (Å²) in [5.41, 5.74) is 1.56. The summed E-state index contributed by atoms with van der Waals surface area (Å²) >= 11 is 5.40. The van der Waals surface area contributed by atoms with Crippen molar-refractivity contribution in [1.29, 1.82) is 0 Å². The van der Waals surface area contributed by atoms with Crippen LogP contribution in [0.3, 0.4) is 0 Å². The normalized spacial score (nSPS) is 10.5. The first-order valence-electron chi connectivity index (χ1n) is 8.23. The number of ether oxygens (including phenoxy) is 3. The number of benzene rings is 2. The van der Waals surface area contributed by atoms with Gasteiger partial charge in [0.15, 0.2) is 0 Å². The Labute approximate surface area is 157 Å². The summed E-state index contributed by atoms with van der Waals surface area (Å²) < 4.78 is 15.9. The largest absolute Gasteiger partial charge is 0.491 e. The Morgan fingerprint density at radius 2 is 1.69 bits per heavy atom. The molecule has 0 heterocycles. The molecule has 0 bridgehead atoms. The second kappa shape index (κ2) is 9.82. The number of rotatable bonds is 8. The summed E-state index contributed by atoms with van der Waals surface area (Å²) in [6.07, 6.45) is 0.194. The first-order valence-corrected chi connectivity index (χ1v) is 8.76. The van der Waals surface area contributed by atoms with Crippen LogP contribution < -0.4 is 9.47 Å². The van der Waals surface area contributed by atoms with Gasteiger partial charge in [0.1, 0.15) is 24.0 Å². The maximum atomic E-state index is 12.0. The Bertz CT molecular complexity index is 740. The summed E-state index contributed by atoms with van der Waals surface area (Å²) in [4.78, 5) is 23.2. The highest BCUT2D eigenvalue weighted by Gasteiger charge is 2.08. The van der Waals surface area contributed by atoms with Crippen LogP contribution in [0.15, 0.2) is 48.5 Å². The van der Waals surface area contributed by atoms with Gasteiger partial charge in [0, 0.05) is 0 Å². The predicted molar refractivity (Wildman–Crippen MR) is 98.5 cm³/mol. The Hall–Kier alpha value is -2.53. The van der Waals surface area contributed by atoms with Gasteiger partial charge in [-0.05, 0) is 49.2 Å². The van der Waals surface area contributed by atoms with E-state index in [1.165, 1.54) is 0 Å². The molecule has 0 aliphatic rings. The molecule has 0 saturated heterocycles. The van der Waals surface area contributed by atoms with E-state index < -0.39 is 5.97 Å². The summed E-state index contributed by atoms with van der Waals surface area (Å²) in [5, 5.41) is 0. The van der Waals surface area contributed by atoms with Gasteiger partial charge in [-0.3, -0.25) is 9.59 Å². The minimum Gasteiger partial charge on any atom is -0.491 e. The third-order valence-electron chi connectivity index (χ3n) is 3.28. The number of esters is 2. The number of hydrogen-bond donors (Lipinski definition) is 0. The molecule has 6 heteroatoms. The predicted octanol–water partition coefficient (Wildman–Crippen LogP) is 3.90. The maximum absolute atomic E-state index is 12.0. The van der Waals surface area contributed by atoms with E-state index in [0.29, 0.717) is 11.3 Å². The van der Waals surface area contributed by atoms with Gasteiger partial charge in [0.2, 0.25) is 0 Å². The molecule has 0 saturated carbocycles. The summed E-state index contributed by atoms with van der Waals surface area (Å²) in [6.45, 7) is 4.10. The number of carbonyl (C=O) groups excluding carboxylic acids is 2. The lowest BCUT2D eigenvalue weighted by Gasteiger charge is -2.10. The minimum absolute atomic E-state index is 0.0841. The second-order valence-electron chi connectivity index (χ2n) is 5.90. The molecule has 0 fully saturated rings. The molecule has 0 amide bonds. The Morgan fingerprint density at radius 3 is 2.35 bits per heavy atom. The van der Waals surface area contributed by atoms with Crippen molar-refractivity contribution in [2.75, 3.05) is 5.88 Å². The lowest BCUT2D eigenvalue weighted by atomic mass is 10.1. The molecule has 26 heavy (non-hydrogen) atoms. The highest BCUT2D eigenvalue weighted by atomic mass is 35.5. The zero-order chi connectivity index (χ0) is 18.9. The summed E-state index contributed by atoms with van der Waals surface area (Å²) in [7, 11) is 0. The third kappa shape index (κ3) is 6.76. The van der Waals surface area contributed by atoms with Crippen LogP contribution in [0.5, 0.6) is 11.5 Å². The Kier molecular flexibility index (Phi) is 7.48. The van der Waals surface area contributed by atoms with Crippen LogP contribution in [0, 0.1) is 0 Å². The fraction of sp³-hybridized carbons (Fsp3) is 0.300. The van der Waals surface area contributed by atoms with E-state index in [2.05, 4.69) is 0 Å². The molecule has 0 radical (unpaired) electrons. The highest BCUT2D eigenvalue weighted by molar-refractivity contribution is 6.26. The van der Waals surface area contributed by atoms with Gasteiger partial charge in [-0.15, -0.1) is 11.6 Å². The van der Waals surface area contributed by atoms with Gasteiger partial charge in [0.25, 0.3) is 0 Å². The molecular weight excluding hydrogens is 356 g/mol. The Balaban J connectivity index is 1.85. The van der Waals surface area contributed by atoms with Crippen LogP contribution in [-0.4, -0.2) is 23.9 Å². The van der Waals surface area contributed by atoms with Crippen molar-refractivity contribution in [1.82, 2.24) is 0 Å². The molecule has 0 spiro atoms. The average Bonchev–Trinajstić information content (AvgIpc) is 2.61. The highest BCUT2D eigenvalue weighted by Crippen LogP contribution is 2.16. The molecule has 0 unspecified atom stereocenters. The topological polar surface area (TPSA) is 61.8 Å². The number of halogens is 1. The minimum atomic E-state index is -0.545. The summed E-state index contributed by atoms with van der Waals surface area (Å²) in [5.74, 6) is -0.0162. The smallest absolute Gasteiger partial charge is 0.326 e. The second-order valence-corrected chi connectivity index (χ2v) is 6.17. The first kappa shape index (κ1) is 19.8. The standard InChI is InChI=1S/C20H21ClO5/c1-14(2)25-17-8-6-15(7-9-17)13-24-19(22)11-16-4-3-5-18(10-16)26-20(23)12-21/h3-10,14H,11-13H2,1-2H3. The van der Waals surface area contributed by atoms with E-state index in [-0.39, 0.29) is 31.0 Å². The first-order chi connectivity index (χ1) is 12.5. The maximum Gasteiger partial charge on any atom is 0.326 e. The van der Waals surface area contributed by atoms with Crippen LogP contribution in [0.4, 0.5) is 0 Å². The molecule has 2 aromatic carbocycles. The number of alkyl halides is 1. The van der Waals surface area contributed by atoms with Gasteiger partial charge in [-0.1, -0.05) is 24.3 Å². The van der Waals surface area contributed by atoms with Gasteiger partial charge >= 0.3 is 11.9 Å². The fourth-order valence-corrected chi connectivity index (χ4v) is 2.25. The van der Waals surface area contributed by atoms with Crippen molar-refractivity contribution in [3.8, 4) is 11.5 Å².